The van der Waals surface area contributed by atoms with Gasteiger partial charge in [0.2, 0.25) is 0 Å². The molecule has 1 heterocycles. The monoisotopic (exact) mass is 307 g/mol. The lowest BCUT2D eigenvalue weighted by atomic mass is 10.2. The van der Waals surface area contributed by atoms with Crippen LogP contribution in [0.1, 0.15) is 17.3 Å². The highest BCUT2D eigenvalue weighted by Gasteiger charge is 2.12. The van der Waals surface area contributed by atoms with E-state index in [1.807, 2.05) is 17.7 Å². The number of nitrogens with zero attached hydrogens (tertiary/aromatic N) is 2. The third kappa shape index (κ3) is 4.16. The maximum absolute atomic E-state index is 12.1. The van der Waals surface area contributed by atoms with Gasteiger partial charge in [-0.1, -0.05) is 0 Å². The summed E-state index contributed by atoms with van der Waals surface area (Å²) in [5, 5.41) is 2.86. The summed E-state index contributed by atoms with van der Waals surface area (Å²) in [6, 6.07) is 5.82. The van der Waals surface area contributed by atoms with Gasteiger partial charge in [0.05, 0.1) is 11.2 Å². The molecule has 21 heavy (non-hydrogen) atoms. The van der Waals surface area contributed by atoms with Gasteiger partial charge in [-0.3, -0.25) is 4.79 Å². The third-order valence-electron chi connectivity index (χ3n) is 2.97. The van der Waals surface area contributed by atoms with Gasteiger partial charge in [0.15, 0.2) is 9.84 Å². The van der Waals surface area contributed by atoms with Crippen molar-refractivity contribution in [1.29, 1.82) is 0 Å². The number of hydrogen-bond donors (Lipinski definition) is 1. The van der Waals surface area contributed by atoms with E-state index in [1.165, 1.54) is 24.3 Å². The van der Waals surface area contributed by atoms with Crippen molar-refractivity contribution < 1.29 is 13.2 Å². The Bertz CT molecular complexity index is 706. The minimum atomic E-state index is -3.24. The van der Waals surface area contributed by atoms with Crippen LogP contribution in [0.3, 0.4) is 0 Å². The van der Waals surface area contributed by atoms with E-state index in [1.54, 1.807) is 12.5 Å². The highest BCUT2D eigenvalue weighted by molar-refractivity contribution is 7.90. The SMILES string of the molecule is CC(Cn1ccnc1)NC(=O)c1ccc(S(C)(=O)=O)cc1. The number of hydrogen-bond acceptors (Lipinski definition) is 4. The summed E-state index contributed by atoms with van der Waals surface area (Å²) in [7, 11) is -3.24. The summed E-state index contributed by atoms with van der Waals surface area (Å²) in [4.78, 5) is 16.2. The topological polar surface area (TPSA) is 81.1 Å². The van der Waals surface area contributed by atoms with Crippen LogP contribution in [0.25, 0.3) is 0 Å². The number of benzene rings is 1. The van der Waals surface area contributed by atoms with Crippen molar-refractivity contribution in [1.82, 2.24) is 14.9 Å². The fraction of sp³-hybridized carbons (Fsp3) is 0.286. The first kappa shape index (κ1) is 15.2. The molecule has 1 unspecified atom stereocenters. The number of aromatic nitrogens is 2. The van der Waals surface area contributed by atoms with Gasteiger partial charge in [-0.15, -0.1) is 0 Å². The molecule has 0 aliphatic carbocycles. The second-order valence-corrected chi connectivity index (χ2v) is 6.95. The molecule has 0 saturated carbocycles. The summed E-state index contributed by atoms with van der Waals surface area (Å²) in [6.45, 7) is 2.51. The molecule has 112 valence electrons. The van der Waals surface area contributed by atoms with E-state index in [9.17, 15) is 13.2 Å². The van der Waals surface area contributed by atoms with Gasteiger partial charge in [-0.05, 0) is 31.2 Å². The van der Waals surface area contributed by atoms with Crippen molar-refractivity contribution in [3.8, 4) is 0 Å². The highest BCUT2D eigenvalue weighted by atomic mass is 32.2. The molecule has 7 heteroatoms. The van der Waals surface area contributed by atoms with Crippen molar-refractivity contribution in [2.45, 2.75) is 24.4 Å². The Morgan fingerprint density at radius 2 is 2.00 bits per heavy atom. The quantitative estimate of drug-likeness (QED) is 0.897. The number of sulfone groups is 1. The number of imidazole rings is 1. The summed E-state index contributed by atoms with van der Waals surface area (Å²) in [5.41, 5.74) is 0.430. The van der Waals surface area contributed by atoms with Crippen LogP contribution in [0, 0.1) is 0 Å². The van der Waals surface area contributed by atoms with Gasteiger partial charge >= 0.3 is 0 Å². The molecule has 6 nitrogen and oxygen atoms in total. The van der Waals surface area contributed by atoms with Crippen LogP contribution in [-0.4, -0.2) is 36.2 Å². The Kier molecular flexibility index (Phi) is 4.42. The van der Waals surface area contributed by atoms with Crippen LogP contribution < -0.4 is 5.32 Å². The van der Waals surface area contributed by atoms with Crippen LogP contribution in [0.5, 0.6) is 0 Å². The molecule has 0 spiro atoms. The predicted molar refractivity (Wildman–Crippen MR) is 78.7 cm³/mol. The zero-order valence-corrected chi connectivity index (χ0v) is 12.7. The molecule has 2 aromatic rings. The normalized spacial score (nSPS) is 12.9. The fourth-order valence-corrected chi connectivity index (χ4v) is 2.55. The summed E-state index contributed by atoms with van der Waals surface area (Å²) >= 11 is 0. The molecule has 0 fully saturated rings. The smallest absolute Gasteiger partial charge is 0.251 e. The van der Waals surface area contributed by atoms with E-state index in [0.717, 1.165) is 6.26 Å². The Hall–Kier alpha value is -2.15. The van der Waals surface area contributed by atoms with Gasteiger partial charge in [-0.25, -0.2) is 13.4 Å². The van der Waals surface area contributed by atoms with Crippen molar-refractivity contribution in [3.05, 3.63) is 48.5 Å². The second kappa shape index (κ2) is 6.09. The molecule has 1 aromatic heterocycles. The molecule has 1 atom stereocenters. The first-order valence-corrected chi connectivity index (χ1v) is 8.32. The Morgan fingerprint density at radius 1 is 1.33 bits per heavy atom. The van der Waals surface area contributed by atoms with E-state index in [4.69, 9.17) is 0 Å². The van der Waals surface area contributed by atoms with Gasteiger partial charge in [0.25, 0.3) is 5.91 Å². The molecule has 1 amide bonds. The molecular weight excluding hydrogens is 290 g/mol. The van der Waals surface area contributed by atoms with E-state index in [2.05, 4.69) is 10.3 Å². The standard InChI is InChI=1S/C14H17N3O3S/c1-11(9-17-8-7-15-10-17)16-14(18)12-3-5-13(6-4-12)21(2,19)20/h3-8,10-11H,9H2,1-2H3,(H,16,18). The Balaban J connectivity index is 2.00. The van der Waals surface area contributed by atoms with Crippen molar-refractivity contribution in [2.75, 3.05) is 6.26 Å². The predicted octanol–water partition coefficient (Wildman–Crippen LogP) is 1.11. The summed E-state index contributed by atoms with van der Waals surface area (Å²) in [5.74, 6) is -0.234. The average Bonchev–Trinajstić information content (AvgIpc) is 2.90. The van der Waals surface area contributed by atoms with E-state index in [-0.39, 0.29) is 16.8 Å². The fourth-order valence-electron chi connectivity index (χ4n) is 1.92. The Labute approximate surface area is 123 Å². The maximum atomic E-state index is 12.1. The van der Waals surface area contributed by atoms with Gasteiger partial charge < -0.3 is 9.88 Å². The average molecular weight is 307 g/mol. The van der Waals surface area contributed by atoms with Crippen LogP contribution in [0.2, 0.25) is 0 Å². The first-order valence-electron chi connectivity index (χ1n) is 6.43. The maximum Gasteiger partial charge on any atom is 0.251 e. The molecule has 0 radical (unpaired) electrons. The first-order chi connectivity index (χ1) is 9.86. The number of nitrogens with one attached hydrogen (secondary N) is 1. The molecule has 0 aliphatic rings. The van der Waals surface area contributed by atoms with Crippen LogP contribution in [0.4, 0.5) is 0 Å². The molecular formula is C14H17N3O3S. The van der Waals surface area contributed by atoms with E-state index in [0.29, 0.717) is 12.1 Å². The van der Waals surface area contributed by atoms with Crippen LogP contribution >= 0.6 is 0 Å². The Morgan fingerprint density at radius 3 is 2.52 bits per heavy atom. The number of carbonyl (C=O) groups is 1. The van der Waals surface area contributed by atoms with Crippen molar-refractivity contribution >= 4 is 15.7 Å². The van der Waals surface area contributed by atoms with Crippen molar-refractivity contribution in [2.24, 2.45) is 0 Å². The zero-order chi connectivity index (χ0) is 15.5. The number of amides is 1. The van der Waals surface area contributed by atoms with Gasteiger partial charge in [0.1, 0.15) is 0 Å². The largest absolute Gasteiger partial charge is 0.348 e. The second-order valence-electron chi connectivity index (χ2n) is 4.93. The lowest BCUT2D eigenvalue weighted by molar-refractivity contribution is 0.0936. The lowest BCUT2D eigenvalue weighted by Gasteiger charge is -2.14. The highest BCUT2D eigenvalue weighted by Crippen LogP contribution is 2.10. The molecule has 2 rings (SSSR count). The van der Waals surface area contributed by atoms with E-state index < -0.39 is 9.84 Å². The third-order valence-corrected chi connectivity index (χ3v) is 4.09. The van der Waals surface area contributed by atoms with Crippen molar-refractivity contribution in [3.63, 3.8) is 0 Å². The number of rotatable bonds is 5. The molecule has 0 aliphatic heterocycles. The minimum Gasteiger partial charge on any atom is -0.348 e. The summed E-state index contributed by atoms with van der Waals surface area (Å²) in [6.07, 6.45) is 6.32. The van der Waals surface area contributed by atoms with Crippen LogP contribution in [0.15, 0.2) is 47.9 Å². The van der Waals surface area contributed by atoms with Gasteiger partial charge in [0, 0.05) is 36.8 Å². The molecule has 0 saturated heterocycles. The van der Waals surface area contributed by atoms with Gasteiger partial charge in [-0.2, -0.15) is 0 Å². The molecule has 0 bridgehead atoms. The summed E-state index contributed by atoms with van der Waals surface area (Å²) < 4.78 is 24.6. The zero-order valence-electron chi connectivity index (χ0n) is 11.9. The lowest BCUT2D eigenvalue weighted by Crippen LogP contribution is -2.35. The molecule has 1 N–H and O–H groups in total. The minimum absolute atomic E-state index is 0.0683. The number of carbonyl (C=O) groups excluding carboxylic acids is 1. The van der Waals surface area contributed by atoms with Crippen LogP contribution in [-0.2, 0) is 16.4 Å². The van der Waals surface area contributed by atoms with E-state index >= 15 is 0 Å². The molecule has 1 aromatic carbocycles.